The zero-order valence-corrected chi connectivity index (χ0v) is 70.0. The minimum Gasteiger partial charge on any atom is -0.382 e. The number of hydrogen-bond donors (Lipinski definition) is 7. The Balaban J connectivity index is 0.000000121. The van der Waals surface area contributed by atoms with Crippen LogP contribution in [0.5, 0.6) is 0 Å². The van der Waals surface area contributed by atoms with Crippen molar-refractivity contribution in [2.45, 2.75) is 65.1 Å². The van der Waals surface area contributed by atoms with Gasteiger partial charge in [-0.25, -0.2) is 115 Å². The molecule has 16 aromatic heterocycles. The van der Waals surface area contributed by atoms with Gasteiger partial charge in [0, 0.05) is 75.2 Å². The molecule has 0 aliphatic heterocycles. The Morgan fingerprint density at radius 3 is 1.10 bits per heavy atom. The number of aliphatic hydroxyl groups is 2. The first-order chi connectivity index (χ1) is 60.4. The van der Waals surface area contributed by atoms with Crippen LogP contribution in [-0.2, 0) is 54.4 Å². The van der Waals surface area contributed by atoms with Crippen LogP contribution in [0.3, 0.4) is 0 Å². The largest absolute Gasteiger partial charge is 0.382 e. The van der Waals surface area contributed by atoms with Gasteiger partial charge in [0.25, 0.3) is 0 Å². The Bertz CT molecular complexity index is 7810. The summed E-state index contributed by atoms with van der Waals surface area (Å²) < 4.78 is 69.4. The van der Waals surface area contributed by atoms with Crippen LogP contribution in [0.25, 0.3) is 135 Å². The number of fused-ring (bicyclic) bond motifs is 8. The molecule has 0 unspecified atom stereocenters. The van der Waals surface area contributed by atoms with Gasteiger partial charge in [0.15, 0.2) is 74.3 Å². The third kappa shape index (κ3) is 17.0. The van der Waals surface area contributed by atoms with E-state index in [1.165, 1.54) is 42.5 Å². The third-order valence-corrected chi connectivity index (χ3v) is 20.5. The average molecular weight is 1810 g/mol. The molecule has 0 aliphatic carbocycles. The molecule has 16 heterocycles. The number of halogens is 5. The van der Waals surface area contributed by atoms with Gasteiger partial charge in [-0.05, 0) is 129 Å². The number of hydrogen-bond acceptors (Lipinski definition) is 23. The minimum atomic E-state index is -1.26. The maximum absolute atomic E-state index is 14.3. The molecule has 40 heteroatoms. The first-order valence-electron chi connectivity index (χ1n) is 38.3. The number of nitrogens with one attached hydrogen (secondary N) is 4. The number of nitrogens with zero attached hydrogens (tertiary/aromatic N) is 24. The van der Waals surface area contributed by atoms with Crippen molar-refractivity contribution in [1.82, 2.24) is 137 Å². The van der Waals surface area contributed by atoms with Crippen molar-refractivity contribution in [3.05, 3.63) is 273 Å². The number of nitrogen functional groups attached to an aromatic ring is 1. The van der Waals surface area contributed by atoms with Gasteiger partial charge in [-0.2, -0.15) is 20.4 Å². The second kappa shape index (κ2) is 34.2. The summed E-state index contributed by atoms with van der Waals surface area (Å²) in [6, 6.07) is 40.6. The second-order valence-corrected chi connectivity index (χ2v) is 30.6. The summed E-state index contributed by atoms with van der Waals surface area (Å²) in [5, 5.41) is 40.0. The molecule has 20 aromatic rings. The van der Waals surface area contributed by atoms with Crippen molar-refractivity contribution in [2.75, 3.05) is 5.73 Å². The standard InChI is InChI=1S/C24H20FN7O2.C19H13FIN7O.C19H15FN8O.C19H14FN7O.C5H8O/c1-24(2,34)11-10-17-19-21(29-23(33)31(19)3)28-20(27-17)18-15-8-6-12-26-22(15)32(30-18)13-14-7-4-5-9-16(14)25;2*1-27-14-15(21)23-16(24-17(14)25-19(27)29)13-11-6-4-8-22-18(11)28(26-13)9-10-5-2-3-7-12(10)20;1-26-14-9-22-17(23-16(14)24-19(26)28)15-12-6-4-8-21-18(12)27(25-15)10-11-5-2-3-7-13(11)20;1-4-5(2,3)6/h4-9,12,34H,13H2,1-3H3,(H,27,28,29,33);2-8H,9H2,1H3,(H,23,24,25,29);2-8H,9H2,1H3,(H3,21,23,24,25,29);2-9H,10H2,1H3,(H,22,23,24,28);1,6H,2-3H3. The molecule has 20 rings (SSSR count). The topological polar surface area (TPSA) is 444 Å². The smallest absolute Gasteiger partial charge is 0.327 e. The number of anilines is 1. The number of aromatic amines is 4. The van der Waals surface area contributed by atoms with Crippen LogP contribution in [0, 0.1) is 51.2 Å². The van der Waals surface area contributed by atoms with Crippen molar-refractivity contribution in [2.24, 2.45) is 28.2 Å². The fraction of sp³-hybridized carbons (Fsp3) is 0.163. The lowest BCUT2D eigenvalue weighted by atomic mass is 10.1. The highest BCUT2D eigenvalue weighted by atomic mass is 127. The number of terminal acetylenes is 1. The van der Waals surface area contributed by atoms with Crippen LogP contribution in [0.1, 0.15) is 55.6 Å². The zero-order chi connectivity index (χ0) is 88.7. The second-order valence-electron chi connectivity index (χ2n) is 29.5. The molecule has 126 heavy (non-hydrogen) atoms. The number of aromatic nitrogens is 28. The SMILES string of the molecule is C#CC(C)(C)O.Cn1c(=O)[nH]c2nc(-c3nn(Cc4ccccc4F)c4ncccc34)nc(C#CC(C)(C)O)c21.Cn1c(=O)[nH]c2nc(-c3nn(Cc4ccccc4F)c4ncccc34)nc(I)c21.Cn1c(=O)[nH]c2nc(-c3nn(Cc4ccccc4F)c4ncccc34)nc(N)c21.Cn1c(=O)[nH]c2nc(-c3nn(Cc4ccccc4F)c4ncccc34)ncc21. The van der Waals surface area contributed by atoms with Crippen molar-refractivity contribution < 1.29 is 27.8 Å². The molecular weight excluding hydrogens is 1740 g/mol. The summed E-state index contributed by atoms with van der Waals surface area (Å²) in [4.78, 5) is 112. The van der Waals surface area contributed by atoms with E-state index < -0.39 is 11.2 Å². The van der Waals surface area contributed by atoms with E-state index in [4.69, 9.17) is 17.3 Å². The molecule has 0 atom stereocenters. The van der Waals surface area contributed by atoms with Crippen LogP contribution in [0.4, 0.5) is 23.4 Å². The number of aryl methyl sites for hydroxylation is 4. The molecule has 0 radical (unpaired) electrons. The molecule has 0 saturated heterocycles. The lowest BCUT2D eigenvalue weighted by molar-refractivity contribution is 0.143. The number of imidazole rings is 4. The Labute approximate surface area is 720 Å². The van der Waals surface area contributed by atoms with Gasteiger partial charge < -0.3 is 15.9 Å². The summed E-state index contributed by atoms with van der Waals surface area (Å²) in [6.07, 6.45) is 13.0. The number of H-pyrrole nitrogens is 4. The molecule has 0 aliphatic rings. The van der Waals surface area contributed by atoms with E-state index in [0.717, 1.165) is 10.8 Å². The predicted molar refractivity (Wildman–Crippen MR) is 470 cm³/mol. The highest BCUT2D eigenvalue weighted by Gasteiger charge is 2.26. The molecule has 0 amide bonds. The van der Waals surface area contributed by atoms with Gasteiger partial charge in [-0.3, -0.25) is 38.2 Å². The van der Waals surface area contributed by atoms with Gasteiger partial charge in [0.1, 0.15) is 88.7 Å². The fourth-order valence-corrected chi connectivity index (χ4v) is 14.3. The zero-order valence-electron chi connectivity index (χ0n) is 67.9. The summed E-state index contributed by atoms with van der Waals surface area (Å²) in [7, 11) is 6.48. The van der Waals surface area contributed by atoms with Crippen LogP contribution < -0.4 is 28.5 Å². The van der Waals surface area contributed by atoms with E-state index in [-0.39, 0.29) is 95.4 Å². The van der Waals surface area contributed by atoms with E-state index in [1.54, 1.807) is 203 Å². The van der Waals surface area contributed by atoms with E-state index in [0.29, 0.717) is 138 Å². The number of pyridine rings is 4. The normalized spacial score (nSPS) is 11.5. The highest BCUT2D eigenvalue weighted by Crippen LogP contribution is 2.33. The number of rotatable bonds is 12. The van der Waals surface area contributed by atoms with Gasteiger partial charge in [0.2, 0.25) is 0 Å². The Morgan fingerprint density at radius 1 is 0.405 bits per heavy atom. The van der Waals surface area contributed by atoms with Crippen molar-refractivity contribution in [3.8, 4) is 70.3 Å². The van der Waals surface area contributed by atoms with Gasteiger partial charge in [-0.15, -0.1) is 6.42 Å². The molecule has 35 nitrogen and oxygen atoms in total. The maximum Gasteiger partial charge on any atom is 0.327 e. The van der Waals surface area contributed by atoms with E-state index >= 15 is 0 Å². The Hall–Kier alpha value is -16.0. The predicted octanol–water partition coefficient (Wildman–Crippen LogP) is 9.72. The lowest BCUT2D eigenvalue weighted by Gasteiger charge is -2.06. The molecule has 0 bridgehead atoms. The minimum absolute atomic E-state index is 0.159. The fourth-order valence-electron chi connectivity index (χ4n) is 13.5. The van der Waals surface area contributed by atoms with E-state index in [1.807, 2.05) is 24.3 Å². The van der Waals surface area contributed by atoms with Crippen molar-refractivity contribution in [1.29, 1.82) is 0 Å². The van der Waals surface area contributed by atoms with Crippen molar-refractivity contribution >= 4 is 117 Å². The van der Waals surface area contributed by atoms with Gasteiger partial charge in [0.05, 0.1) is 53.9 Å². The van der Waals surface area contributed by atoms with Crippen molar-refractivity contribution in [3.63, 3.8) is 0 Å². The molecule has 0 fully saturated rings. The van der Waals surface area contributed by atoms with Crippen LogP contribution in [-0.4, -0.2) is 159 Å². The monoisotopic (exact) mass is 1810 g/mol. The van der Waals surface area contributed by atoms with E-state index in [9.17, 15) is 41.8 Å². The number of benzene rings is 4. The maximum atomic E-state index is 14.3. The molecule has 630 valence electrons. The molecular formula is C86H70F4IN29O6. The first-order valence-corrected chi connectivity index (χ1v) is 39.4. The quantitative estimate of drug-likeness (QED) is 0.0259. The van der Waals surface area contributed by atoms with Gasteiger partial charge >= 0.3 is 22.8 Å². The van der Waals surface area contributed by atoms with Crippen LogP contribution in [0.15, 0.2) is 196 Å². The van der Waals surface area contributed by atoms with Crippen LogP contribution in [0.2, 0.25) is 0 Å². The van der Waals surface area contributed by atoms with Crippen LogP contribution >= 0.6 is 22.6 Å². The lowest BCUT2D eigenvalue weighted by Crippen LogP contribution is -2.15. The average Bonchev–Trinajstić information content (AvgIpc) is 1.63. The van der Waals surface area contributed by atoms with E-state index in [2.05, 4.69) is 140 Å². The summed E-state index contributed by atoms with van der Waals surface area (Å²) in [5.74, 6) is 7.85. The molecule has 0 saturated carbocycles. The Kier molecular flexibility index (Phi) is 22.7. The summed E-state index contributed by atoms with van der Waals surface area (Å²) in [6.45, 7) is 7.04. The number of nitrogens with two attached hydrogens (primary N) is 1. The highest BCUT2D eigenvalue weighted by molar-refractivity contribution is 14.1. The summed E-state index contributed by atoms with van der Waals surface area (Å²) >= 11 is 2.07. The Morgan fingerprint density at radius 2 is 0.722 bits per heavy atom. The molecule has 0 spiro atoms. The third-order valence-electron chi connectivity index (χ3n) is 19.7. The molecule has 8 N–H and O–H groups in total. The first kappa shape index (κ1) is 83.7. The van der Waals surface area contributed by atoms with Gasteiger partial charge in [-0.1, -0.05) is 84.6 Å². The molecule has 4 aromatic carbocycles. The summed E-state index contributed by atoms with van der Waals surface area (Å²) in [5.41, 5.74) is 12.6.